The second-order valence-corrected chi connectivity index (χ2v) is 4.46. The van der Waals surface area contributed by atoms with Gasteiger partial charge in [0.1, 0.15) is 0 Å². The van der Waals surface area contributed by atoms with E-state index in [2.05, 4.69) is 6.92 Å². The van der Waals surface area contributed by atoms with Gasteiger partial charge in [0.05, 0.1) is 12.5 Å². The molecule has 0 bridgehead atoms. The van der Waals surface area contributed by atoms with Gasteiger partial charge in [-0.1, -0.05) is 26.0 Å². The summed E-state index contributed by atoms with van der Waals surface area (Å²) in [6, 6.07) is 7.78. The van der Waals surface area contributed by atoms with Gasteiger partial charge in [-0.3, -0.25) is 4.79 Å². The summed E-state index contributed by atoms with van der Waals surface area (Å²) in [4.78, 5) is 11.6. The molecule has 0 aliphatic carbocycles. The van der Waals surface area contributed by atoms with Crippen LogP contribution in [0.15, 0.2) is 24.3 Å². The third kappa shape index (κ3) is 4.10. The maximum Gasteiger partial charge on any atom is 0.308 e. The average Bonchev–Trinajstić information content (AvgIpc) is 2.31. The highest BCUT2D eigenvalue weighted by molar-refractivity contribution is 5.72. The van der Waals surface area contributed by atoms with Crippen molar-refractivity contribution in [1.82, 2.24) is 0 Å². The molecule has 0 radical (unpaired) electrons. The number of anilines is 1. The summed E-state index contributed by atoms with van der Waals surface area (Å²) in [5.74, 6) is 0.0700. The highest BCUT2D eigenvalue weighted by Crippen LogP contribution is 2.19. The highest BCUT2D eigenvalue weighted by atomic mass is 16.5. The van der Waals surface area contributed by atoms with Gasteiger partial charge in [0, 0.05) is 5.69 Å². The van der Waals surface area contributed by atoms with E-state index in [-0.39, 0.29) is 17.8 Å². The van der Waals surface area contributed by atoms with E-state index in [4.69, 9.17) is 10.5 Å². The average molecular weight is 235 g/mol. The number of nitrogen functional groups attached to an aromatic ring is 1. The molecule has 0 fully saturated rings. The Morgan fingerprint density at radius 3 is 2.41 bits per heavy atom. The number of benzene rings is 1. The minimum absolute atomic E-state index is 0.0764. The first-order valence-electron chi connectivity index (χ1n) is 6.05. The first-order chi connectivity index (χ1) is 8.04. The van der Waals surface area contributed by atoms with Crippen LogP contribution in [0.2, 0.25) is 0 Å². The third-order valence-electron chi connectivity index (χ3n) is 3.05. The molecular weight excluding hydrogens is 214 g/mol. The number of esters is 1. The first kappa shape index (κ1) is 13.6. The summed E-state index contributed by atoms with van der Waals surface area (Å²) >= 11 is 0. The fraction of sp³-hybridized carbons (Fsp3) is 0.500. The fourth-order valence-corrected chi connectivity index (χ4v) is 1.71. The van der Waals surface area contributed by atoms with E-state index in [0.717, 1.165) is 12.1 Å². The van der Waals surface area contributed by atoms with Crippen molar-refractivity contribution >= 4 is 11.7 Å². The Balaban J connectivity index is 2.56. The largest absolute Gasteiger partial charge is 0.466 e. The minimum atomic E-state index is -0.115. The molecule has 17 heavy (non-hydrogen) atoms. The molecule has 0 saturated carbocycles. The molecule has 0 aromatic heterocycles. The maximum atomic E-state index is 11.6. The van der Waals surface area contributed by atoms with Crippen LogP contribution in [-0.2, 0) is 16.0 Å². The van der Waals surface area contributed by atoms with Crippen molar-refractivity contribution in [3.63, 3.8) is 0 Å². The van der Waals surface area contributed by atoms with Gasteiger partial charge in [0.15, 0.2) is 0 Å². The summed E-state index contributed by atoms with van der Waals surface area (Å²) in [7, 11) is 0. The molecule has 0 aliphatic rings. The lowest BCUT2D eigenvalue weighted by Crippen LogP contribution is -2.22. The van der Waals surface area contributed by atoms with Crippen LogP contribution in [0.5, 0.6) is 0 Å². The van der Waals surface area contributed by atoms with Crippen LogP contribution in [0.25, 0.3) is 0 Å². The van der Waals surface area contributed by atoms with E-state index in [1.165, 1.54) is 5.56 Å². The van der Waals surface area contributed by atoms with Crippen molar-refractivity contribution in [3.8, 4) is 0 Å². The number of rotatable bonds is 5. The van der Waals surface area contributed by atoms with Crippen molar-refractivity contribution in [3.05, 3.63) is 29.8 Å². The van der Waals surface area contributed by atoms with Gasteiger partial charge in [-0.15, -0.1) is 0 Å². The number of ether oxygens (including phenoxy) is 1. The quantitative estimate of drug-likeness (QED) is 0.630. The van der Waals surface area contributed by atoms with Crippen LogP contribution >= 0.6 is 0 Å². The molecule has 1 aromatic rings. The summed E-state index contributed by atoms with van der Waals surface area (Å²) in [5, 5.41) is 0. The molecule has 2 unspecified atom stereocenters. The lowest BCUT2D eigenvalue weighted by molar-refractivity contribution is -0.149. The number of hydrogen-bond donors (Lipinski definition) is 1. The van der Waals surface area contributed by atoms with Gasteiger partial charge in [0.25, 0.3) is 0 Å². The van der Waals surface area contributed by atoms with Gasteiger partial charge in [0.2, 0.25) is 0 Å². The highest BCUT2D eigenvalue weighted by Gasteiger charge is 2.21. The Labute approximate surface area is 103 Å². The zero-order chi connectivity index (χ0) is 12.8. The normalized spacial score (nSPS) is 14.1. The van der Waals surface area contributed by atoms with Gasteiger partial charge < -0.3 is 10.5 Å². The third-order valence-corrected chi connectivity index (χ3v) is 3.05. The minimum Gasteiger partial charge on any atom is -0.466 e. The Hall–Kier alpha value is -1.51. The molecule has 0 amide bonds. The van der Waals surface area contributed by atoms with Crippen molar-refractivity contribution in [2.24, 2.45) is 11.8 Å². The van der Waals surface area contributed by atoms with Crippen molar-refractivity contribution < 1.29 is 9.53 Å². The molecule has 3 heteroatoms. The number of hydrogen-bond acceptors (Lipinski definition) is 3. The van der Waals surface area contributed by atoms with Gasteiger partial charge in [-0.2, -0.15) is 0 Å². The number of nitrogens with two attached hydrogens (primary N) is 1. The molecule has 0 spiro atoms. The number of carbonyl (C=O) groups excluding carboxylic acids is 1. The topological polar surface area (TPSA) is 52.3 Å². The smallest absolute Gasteiger partial charge is 0.308 e. The van der Waals surface area contributed by atoms with Crippen molar-refractivity contribution in [2.75, 3.05) is 12.3 Å². The van der Waals surface area contributed by atoms with E-state index >= 15 is 0 Å². The lowest BCUT2D eigenvalue weighted by atomic mass is 9.90. The molecule has 0 heterocycles. The molecule has 0 saturated heterocycles. The standard InChI is InChI=1S/C14H21NO2/c1-4-17-14(16)11(3)10(2)9-12-5-7-13(15)8-6-12/h5-8,10-11H,4,9,15H2,1-3H3. The lowest BCUT2D eigenvalue weighted by Gasteiger charge is -2.18. The molecule has 1 rings (SSSR count). The summed E-state index contributed by atoms with van der Waals surface area (Å²) in [6.07, 6.45) is 0.861. The molecule has 2 atom stereocenters. The first-order valence-corrected chi connectivity index (χ1v) is 6.05. The van der Waals surface area contributed by atoms with E-state index in [1.54, 1.807) is 0 Å². The van der Waals surface area contributed by atoms with Crippen LogP contribution in [0.3, 0.4) is 0 Å². The molecule has 2 N–H and O–H groups in total. The second kappa shape index (κ2) is 6.28. The van der Waals surface area contributed by atoms with Crippen molar-refractivity contribution in [1.29, 1.82) is 0 Å². The number of carbonyl (C=O) groups is 1. The Morgan fingerprint density at radius 2 is 1.88 bits per heavy atom. The molecule has 1 aromatic carbocycles. The predicted molar refractivity (Wildman–Crippen MR) is 69.5 cm³/mol. The molecule has 3 nitrogen and oxygen atoms in total. The van der Waals surface area contributed by atoms with E-state index in [1.807, 2.05) is 38.1 Å². The molecular formula is C14H21NO2. The summed E-state index contributed by atoms with van der Waals surface area (Å²) in [5.41, 5.74) is 7.59. The Kier molecular flexibility index (Phi) is 5.01. The Bertz CT molecular complexity index is 359. The van der Waals surface area contributed by atoms with Crippen LogP contribution < -0.4 is 5.73 Å². The predicted octanol–water partition coefficient (Wildman–Crippen LogP) is 2.65. The zero-order valence-electron chi connectivity index (χ0n) is 10.8. The molecule has 0 aliphatic heterocycles. The van der Waals surface area contributed by atoms with Gasteiger partial charge in [-0.05, 0) is 37.0 Å². The summed E-state index contributed by atoms with van der Waals surface area (Å²) in [6.45, 7) is 6.25. The maximum absolute atomic E-state index is 11.6. The van der Waals surface area contributed by atoms with E-state index in [9.17, 15) is 4.79 Å². The van der Waals surface area contributed by atoms with E-state index in [0.29, 0.717) is 6.61 Å². The van der Waals surface area contributed by atoms with Crippen LogP contribution in [0, 0.1) is 11.8 Å². The summed E-state index contributed by atoms with van der Waals surface area (Å²) < 4.78 is 5.02. The van der Waals surface area contributed by atoms with Crippen LogP contribution in [0.4, 0.5) is 5.69 Å². The van der Waals surface area contributed by atoms with Crippen LogP contribution in [-0.4, -0.2) is 12.6 Å². The van der Waals surface area contributed by atoms with E-state index < -0.39 is 0 Å². The van der Waals surface area contributed by atoms with Gasteiger partial charge >= 0.3 is 5.97 Å². The van der Waals surface area contributed by atoms with Crippen molar-refractivity contribution in [2.45, 2.75) is 27.2 Å². The molecule has 94 valence electrons. The monoisotopic (exact) mass is 235 g/mol. The SMILES string of the molecule is CCOC(=O)C(C)C(C)Cc1ccc(N)cc1. The van der Waals surface area contributed by atoms with Crippen LogP contribution in [0.1, 0.15) is 26.3 Å². The van der Waals surface area contributed by atoms with Gasteiger partial charge in [-0.25, -0.2) is 0 Å². The Morgan fingerprint density at radius 1 is 1.29 bits per heavy atom. The zero-order valence-corrected chi connectivity index (χ0v) is 10.8. The second-order valence-electron chi connectivity index (χ2n) is 4.46. The fourth-order valence-electron chi connectivity index (χ4n) is 1.71.